The van der Waals surface area contributed by atoms with E-state index in [2.05, 4.69) is 20.4 Å². The summed E-state index contributed by atoms with van der Waals surface area (Å²) >= 11 is 0. The van der Waals surface area contributed by atoms with Crippen LogP contribution in [0.3, 0.4) is 0 Å². The first-order valence-corrected chi connectivity index (χ1v) is 23.0. The molecule has 0 aromatic heterocycles. The lowest BCUT2D eigenvalue weighted by molar-refractivity contribution is 0.190. The Morgan fingerprint density at radius 3 is 1.02 bits per heavy atom. The summed E-state index contributed by atoms with van der Waals surface area (Å²) < 4.78 is 22.8. The molecule has 0 aromatic rings. The van der Waals surface area contributed by atoms with Gasteiger partial charge in [-0.2, -0.15) is 0 Å². The first-order chi connectivity index (χ1) is 23.6. The second kappa shape index (κ2) is 41.4. The second-order valence-corrected chi connectivity index (χ2v) is 16.4. The van der Waals surface area contributed by atoms with Crippen LogP contribution in [-0.2, 0) is 17.9 Å². The van der Waals surface area contributed by atoms with Crippen molar-refractivity contribution >= 4 is 17.2 Å². The molecular weight excluding hydrogens is 634 g/mol. The van der Waals surface area contributed by atoms with Gasteiger partial charge >= 0.3 is 17.2 Å². The quantitative estimate of drug-likeness (QED) is 0.0295. The molecule has 0 spiro atoms. The van der Waals surface area contributed by atoms with Crippen LogP contribution in [0.5, 0.6) is 0 Å². The van der Waals surface area contributed by atoms with Crippen molar-refractivity contribution < 1.29 is 22.8 Å². The Morgan fingerprint density at radius 1 is 0.479 bits per heavy atom. The van der Waals surface area contributed by atoms with Gasteiger partial charge in [0.05, 0.1) is 19.5 Å². The molecule has 0 aliphatic heterocycles. The smallest absolute Gasteiger partial charge is 0.401 e. The van der Waals surface area contributed by atoms with E-state index < -0.39 is 17.2 Å². The fraction of sp³-hybridized carbons (Fsp3) is 0.902. The van der Waals surface area contributed by atoms with Crippen LogP contribution in [0.4, 0.5) is 0 Å². The van der Waals surface area contributed by atoms with E-state index in [0.29, 0.717) is 13.2 Å². The van der Waals surface area contributed by atoms with Crippen LogP contribution in [0.25, 0.3) is 0 Å². The molecule has 1 N–H and O–H groups in total. The highest BCUT2D eigenvalue weighted by molar-refractivity contribution is 7.55. The molecule has 0 aromatic carbocycles. The van der Waals surface area contributed by atoms with E-state index >= 15 is 0 Å². The Bertz CT molecular complexity index is 625. The molecule has 0 amide bonds. The van der Waals surface area contributed by atoms with Crippen molar-refractivity contribution in [2.75, 3.05) is 13.2 Å². The van der Waals surface area contributed by atoms with Crippen molar-refractivity contribution in [1.82, 2.24) is 0 Å². The van der Waals surface area contributed by atoms with Crippen LogP contribution in [0.2, 0.25) is 0 Å². The van der Waals surface area contributed by atoms with Gasteiger partial charge in [-0.1, -0.05) is 219 Å². The van der Waals surface area contributed by atoms with Gasteiger partial charge in [0.25, 0.3) is 0 Å². The van der Waals surface area contributed by atoms with Gasteiger partial charge in [0.15, 0.2) is 0 Å². The van der Waals surface area contributed by atoms with Gasteiger partial charge in [-0.05, 0) is 25.8 Å². The fourth-order valence-electron chi connectivity index (χ4n) is 5.94. The predicted molar refractivity (Wildman–Crippen MR) is 213 cm³/mol. The molecule has 1 atom stereocenters. The SMILES string of the molecule is C=C(C)C=COP(O)OP(OCCCCCCCCCCCCCCCCCC)OCCCCCCCCCCCCCCCCCC. The molecule has 0 bridgehead atoms. The van der Waals surface area contributed by atoms with Crippen molar-refractivity contribution in [3.8, 4) is 0 Å². The van der Waals surface area contributed by atoms with E-state index in [9.17, 15) is 4.89 Å². The third kappa shape index (κ3) is 40.4. The van der Waals surface area contributed by atoms with Gasteiger partial charge < -0.3 is 18.5 Å². The molecule has 0 aliphatic rings. The Hall–Kier alpha value is -0.0200. The van der Waals surface area contributed by atoms with Crippen LogP contribution in [0, 0.1) is 0 Å². The van der Waals surface area contributed by atoms with Crippen molar-refractivity contribution in [1.29, 1.82) is 0 Å². The highest BCUT2D eigenvalue weighted by Gasteiger charge is 2.20. The highest BCUT2D eigenvalue weighted by atomic mass is 31.2. The van der Waals surface area contributed by atoms with Crippen molar-refractivity contribution in [2.45, 2.75) is 226 Å². The van der Waals surface area contributed by atoms with Crippen LogP contribution in [-0.4, -0.2) is 18.1 Å². The molecule has 0 saturated carbocycles. The second-order valence-electron chi connectivity index (χ2n) is 14.1. The maximum Gasteiger partial charge on any atom is 0.401 e. The van der Waals surface area contributed by atoms with E-state index in [-0.39, 0.29) is 0 Å². The van der Waals surface area contributed by atoms with Crippen LogP contribution >= 0.6 is 17.2 Å². The summed E-state index contributed by atoms with van der Waals surface area (Å²) in [6.45, 7) is 11.4. The molecule has 0 fully saturated rings. The third-order valence-electron chi connectivity index (χ3n) is 9.03. The molecule has 0 heterocycles. The largest absolute Gasteiger partial charge is 0.435 e. The maximum atomic E-state index is 10.2. The lowest BCUT2D eigenvalue weighted by atomic mass is 10.0. The molecule has 0 saturated heterocycles. The lowest BCUT2D eigenvalue weighted by Crippen LogP contribution is -1.98. The number of unbranched alkanes of at least 4 members (excludes halogenated alkanes) is 30. The minimum Gasteiger partial charge on any atom is -0.435 e. The van der Waals surface area contributed by atoms with E-state index in [0.717, 1.165) is 31.3 Å². The molecule has 48 heavy (non-hydrogen) atoms. The Kier molecular flexibility index (Phi) is 41.4. The van der Waals surface area contributed by atoms with Crippen molar-refractivity contribution in [2.24, 2.45) is 0 Å². The van der Waals surface area contributed by atoms with Crippen LogP contribution in [0.1, 0.15) is 226 Å². The third-order valence-corrected chi connectivity index (χ3v) is 11.2. The summed E-state index contributed by atoms with van der Waals surface area (Å²) in [6.07, 6.45) is 46.2. The van der Waals surface area contributed by atoms with Crippen molar-refractivity contribution in [3.05, 3.63) is 24.5 Å². The summed E-state index contributed by atoms with van der Waals surface area (Å²) in [7, 11) is -3.71. The fourth-order valence-corrected chi connectivity index (χ4v) is 7.72. The van der Waals surface area contributed by atoms with E-state index in [1.807, 2.05) is 6.92 Å². The van der Waals surface area contributed by atoms with Crippen LogP contribution in [0.15, 0.2) is 24.5 Å². The number of allylic oxidation sites excluding steroid dienone is 2. The predicted octanol–water partition coefficient (Wildman–Crippen LogP) is 16.1. The van der Waals surface area contributed by atoms with Gasteiger partial charge in [0, 0.05) is 0 Å². The average Bonchev–Trinajstić information content (AvgIpc) is 3.07. The first kappa shape index (κ1) is 48.0. The zero-order chi connectivity index (χ0) is 35.0. The zero-order valence-electron chi connectivity index (χ0n) is 32.4. The monoisotopic (exact) mass is 717 g/mol. The molecule has 7 heteroatoms. The Morgan fingerprint density at radius 2 is 0.750 bits per heavy atom. The topological polar surface area (TPSA) is 57.2 Å². The zero-order valence-corrected chi connectivity index (χ0v) is 34.2. The molecule has 5 nitrogen and oxygen atoms in total. The highest BCUT2D eigenvalue weighted by Crippen LogP contribution is 2.53. The van der Waals surface area contributed by atoms with Gasteiger partial charge in [-0.25, -0.2) is 4.31 Å². The molecular formula is C41H82O5P2. The lowest BCUT2D eigenvalue weighted by Gasteiger charge is -2.18. The summed E-state index contributed by atoms with van der Waals surface area (Å²) in [4.78, 5) is 10.2. The Balaban J connectivity index is 3.85. The molecule has 1 unspecified atom stereocenters. The average molecular weight is 717 g/mol. The van der Waals surface area contributed by atoms with Crippen molar-refractivity contribution in [3.63, 3.8) is 0 Å². The van der Waals surface area contributed by atoms with Crippen LogP contribution < -0.4 is 0 Å². The summed E-state index contributed by atoms with van der Waals surface area (Å²) in [5.41, 5.74) is 0.847. The van der Waals surface area contributed by atoms with Gasteiger partial charge in [-0.15, -0.1) is 0 Å². The van der Waals surface area contributed by atoms with E-state index in [1.165, 1.54) is 186 Å². The summed E-state index contributed by atoms with van der Waals surface area (Å²) in [5.74, 6) is 0. The first-order valence-electron chi connectivity index (χ1n) is 20.8. The normalized spacial score (nSPS) is 12.4. The standard InChI is InChI=1S/C41H82O5P2/c1-5-7-9-11-13-15-17-19-21-23-25-27-29-31-33-35-38-44-48(46-47(42)43-40-37-41(3)4)45-39-36-34-32-30-28-26-24-22-20-18-16-14-12-10-8-6-2/h37,40,42H,3,5-36,38-39H2,1-2,4H3. The summed E-state index contributed by atoms with van der Waals surface area (Å²) in [6, 6.07) is 0. The van der Waals surface area contributed by atoms with E-state index in [1.54, 1.807) is 6.08 Å². The van der Waals surface area contributed by atoms with E-state index in [4.69, 9.17) is 17.9 Å². The minimum absolute atomic E-state index is 0.591. The maximum absolute atomic E-state index is 10.2. The number of hydrogen-bond donors (Lipinski definition) is 1. The minimum atomic E-state index is -2.09. The number of rotatable bonds is 41. The molecule has 0 rings (SSSR count). The van der Waals surface area contributed by atoms with Gasteiger partial charge in [0.2, 0.25) is 0 Å². The van der Waals surface area contributed by atoms with Gasteiger partial charge in [-0.3, -0.25) is 0 Å². The molecule has 286 valence electrons. The number of hydrogen-bond acceptors (Lipinski definition) is 5. The van der Waals surface area contributed by atoms with Gasteiger partial charge in [0.1, 0.15) is 0 Å². The molecule has 0 radical (unpaired) electrons. The molecule has 0 aliphatic carbocycles. The Labute approximate surface area is 303 Å². The summed E-state index contributed by atoms with van der Waals surface area (Å²) in [5, 5.41) is 0.